The maximum Gasteiger partial charge on any atom is 0.232 e. The van der Waals surface area contributed by atoms with E-state index in [1.807, 2.05) is 11.9 Å². The van der Waals surface area contributed by atoms with Gasteiger partial charge in [-0.25, -0.2) is 0 Å². The number of aryl methyl sites for hydroxylation is 1. The van der Waals surface area contributed by atoms with Crippen LogP contribution in [0.3, 0.4) is 0 Å². The molecule has 2 atom stereocenters. The summed E-state index contributed by atoms with van der Waals surface area (Å²) in [5.41, 5.74) is 2.58. The number of carbonyl (C=O) groups is 1. The first kappa shape index (κ1) is 15.9. The fraction of sp³-hybridized carbons (Fsp3) is 0.611. The zero-order valence-electron chi connectivity index (χ0n) is 13.5. The number of benzene rings is 1. The molecule has 3 nitrogen and oxygen atoms in total. The molecule has 1 amide bonds. The van der Waals surface area contributed by atoms with Crippen LogP contribution >= 0.6 is 11.8 Å². The Morgan fingerprint density at radius 1 is 1.23 bits per heavy atom. The van der Waals surface area contributed by atoms with Gasteiger partial charge in [0.05, 0.1) is 5.75 Å². The monoisotopic (exact) mass is 318 g/mol. The highest BCUT2D eigenvalue weighted by Crippen LogP contribution is 2.29. The molecule has 1 aromatic carbocycles. The Balaban J connectivity index is 1.44. The van der Waals surface area contributed by atoms with Gasteiger partial charge in [-0.1, -0.05) is 29.8 Å². The number of amides is 1. The molecule has 2 fully saturated rings. The second-order valence-electron chi connectivity index (χ2n) is 6.75. The molecule has 2 bridgehead atoms. The molecule has 2 aliphatic rings. The fourth-order valence-electron chi connectivity index (χ4n) is 3.59. The summed E-state index contributed by atoms with van der Waals surface area (Å²) >= 11 is 1.72. The van der Waals surface area contributed by atoms with E-state index < -0.39 is 0 Å². The van der Waals surface area contributed by atoms with Crippen molar-refractivity contribution >= 4 is 17.7 Å². The van der Waals surface area contributed by atoms with Crippen LogP contribution in [0, 0.1) is 6.92 Å². The van der Waals surface area contributed by atoms with E-state index in [0.29, 0.717) is 23.9 Å². The average Bonchev–Trinajstić information content (AvgIpc) is 2.86. The predicted octanol–water partition coefficient (Wildman–Crippen LogP) is 2.97. The molecule has 4 heteroatoms. The van der Waals surface area contributed by atoms with Crippen molar-refractivity contribution in [1.29, 1.82) is 0 Å². The molecule has 0 radical (unpaired) electrons. The van der Waals surface area contributed by atoms with E-state index in [1.54, 1.807) is 11.8 Å². The lowest BCUT2D eigenvalue weighted by Gasteiger charge is -2.35. The smallest absolute Gasteiger partial charge is 0.232 e. The third kappa shape index (κ3) is 3.85. The number of hydrogen-bond acceptors (Lipinski definition) is 3. The number of fused-ring (bicyclic) bond motifs is 2. The quantitative estimate of drug-likeness (QED) is 0.906. The van der Waals surface area contributed by atoms with Gasteiger partial charge < -0.3 is 10.2 Å². The summed E-state index contributed by atoms with van der Waals surface area (Å²) in [4.78, 5) is 14.4. The van der Waals surface area contributed by atoms with Gasteiger partial charge in [0, 0.05) is 30.9 Å². The van der Waals surface area contributed by atoms with Crippen molar-refractivity contribution in [3.63, 3.8) is 0 Å². The maximum absolute atomic E-state index is 12.4. The van der Waals surface area contributed by atoms with E-state index in [0.717, 1.165) is 18.6 Å². The normalized spacial score (nSPS) is 26.9. The van der Waals surface area contributed by atoms with E-state index in [9.17, 15) is 4.79 Å². The summed E-state index contributed by atoms with van der Waals surface area (Å²) in [5, 5.41) is 3.64. The molecule has 2 saturated heterocycles. The minimum absolute atomic E-state index is 0.281. The summed E-state index contributed by atoms with van der Waals surface area (Å²) in [6.07, 6.45) is 4.82. The van der Waals surface area contributed by atoms with Crippen LogP contribution in [0.25, 0.3) is 0 Å². The van der Waals surface area contributed by atoms with E-state index in [2.05, 4.69) is 36.5 Å². The number of hydrogen-bond donors (Lipinski definition) is 1. The van der Waals surface area contributed by atoms with Gasteiger partial charge in [-0.15, -0.1) is 11.8 Å². The van der Waals surface area contributed by atoms with Crippen LogP contribution in [0.15, 0.2) is 24.3 Å². The number of piperidine rings is 1. The van der Waals surface area contributed by atoms with Crippen LogP contribution in [0.4, 0.5) is 0 Å². The predicted molar refractivity (Wildman–Crippen MR) is 93.1 cm³/mol. The van der Waals surface area contributed by atoms with Gasteiger partial charge in [0.25, 0.3) is 0 Å². The van der Waals surface area contributed by atoms with Crippen molar-refractivity contribution in [1.82, 2.24) is 10.2 Å². The lowest BCUT2D eigenvalue weighted by Crippen LogP contribution is -2.49. The highest BCUT2D eigenvalue weighted by molar-refractivity contribution is 7.99. The first-order chi connectivity index (χ1) is 10.6. The Hall–Kier alpha value is -1.00. The van der Waals surface area contributed by atoms with Gasteiger partial charge in [-0.2, -0.15) is 0 Å². The van der Waals surface area contributed by atoms with Crippen LogP contribution in [-0.2, 0) is 10.5 Å². The van der Waals surface area contributed by atoms with E-state index >= 15 is 0 Å². The summed E-state index contributed by atoms with van der Waals surface area (Å²) in [5.74, 6) is 1.78. The second-order valence-corrected chi connectivity index (χ2v) is 7.73. The molecule has 0 saturated carbocycles. The molecule has 0 aromatic heterocycles. The molecule has 0 spiro atoms. The van der Waals surface area contributed by atoms with Gasteiger partial charge >= 0.3 is 0 Å². The van der Waals surface area contributed by atoms with Crippen LogP contribution in [0.1, 0.15) is 36.8 Å². The number of nitrogens with zero attached hydrogens (tertiary/aromatic N) is 1. The molecule has 3 rings (SSSR count). The number of thioether (sulfide) groups is 1. The standard InChI is InChI=1S/C18H26N2OS/c1-13-3-5-14(6-4-13)11-22-12-18(21)20(2)17-9-15-7-8-16(10-17)19-15/h3-6,15-17,19H,7-12H2,1-2H3. The highest BCUT2D eigenvalue weighted by atomic mass is 32.2. The van der Waals surface area contributed by atoms with E-state index in [1.165, 1.54) is 24.0 Å². The number of carbonyl (C=O) groups excluding carboxylic acids is 1. The molecule has 2 aliphatic heterocycles. The van der Waals surface area contributed by atoms with Crippen molar-refractivity contribution in [2.75, 3.05) is 12.8 Å². The Morgan fingerprint density at radius 2 is 1.86 bits per heavy atom. The van der Waals surface area contributed by atoms with Crippen molar-refractivity contribution in [3.8, 4) is 0 Å². The second kappa shape index (κ2) is 7.05. The van der Waals surface area contributed by atoms with Crippen LogP contribution in [0.5, 0.6) is 0 Å². The molecule has 1 aromatic rings. The molecule has 2 unspecified atom stereocenters. The third-order valence-electron chi connectivity index (χ3n) is 5.00. The fourth-order valence-corrected chi connectivity index (χ4v) is 4.50. The summed E-state index contributed by atoms with van der Waals surface area (Å²) in [7, 11) is 1.99. The Bertz CT molecular complexity index is 504. The first-order valence-electron chi connectivity index (χ1n) is 8.27. The maximum atomic E-state index is 12.4. The third-order valence-corrected chi connectivity index (χ3v) is 5.99. The summed E-state index contributed by atoms with van der Waals surface area (Å²) in [6.45, 7) is 2.10. The summed E-state index contributed by atoms with van der Waals surface area (Å²) < 4.78 is 0. The Morgan fingerprint density at radius 3 is 2.50 bits per heavy atom. The topological polar surface area (TPSA) is 32.3 Å². The lowest BCUT2D eigenvalue weighted by molar-refractivity contribution is -0.129. The van der Waals surface area contributed by atoms with Gasteiger partial charge in [0.15, 0.2) is 0 Å². The van der Waals surface area contributed by atoms with E-state index in [4.69, 9.17) is 0 Å². The zero-order chi connectivity index (χ0) is 15.5. The zero-order valence-corrected chi connectivity index (χ0v) is 14.4. The van der Waals surface area contributed by atoms with Crippen LogP contribution in [-0.4, -0.2) is 41.7 Å². The SMILES string of the molecule is Cc1ccc(CSCC(=O)N(C)C2CC3CCC(C2)N3)cc1. The van der Waals surface area contributed by atoms with Crippen molar-refractivity contribution < 1.29 is 4.79 Å². The van der Waals surface area contributed by atoms with Gasteiger partial charge in [0.1, 0.15) is 0 Å². The molecule has 1 N–H and O–H groups in total. The van der Waals surface area contributed by atoms with Gasteiger partial charge in [-0.3, -0.25) is 4.79 Å². The Kier molecular flexibility index (Phi) is 5.09. The highest BCUT2D eigenvalue weighted by Gasteiger charge is 2.36. The largest absolute Gasteiger partial charge is 0.342 e. The number of nitrogens with one attached hydrogen (secondary N) is 1. The molecule has 120 valence electrons. The van der Waals surface area contributed by atoms with Crippen molar-refractivity contribution in [2.24, 2.45) is 0 Å². The van der Waals surface area contributed by atoms with Crippen molar-refractivity contribution in [3.05, 3.63) is 35.4 Å². The lowest BCUT2D eigenvalue weighted by atomic mass is 9.98. The Labute approximate surface area is 137 Å². The first-order valence-corrected chi connectivity index (χ1v) is 9.42. The van der Waals surface area contributed by atoms with Gasteiger partial charge in [-0.05, 0) is 38.2 Å². The van der Waals surface area contributed by atoms with Crippen LogP contribution in [0.2, 0.25) is 0 Å². The van der Waals surface area contributed by atoms with E-state index in [-0.39, 0.29) is 5.91 Å². The average molecular weight is 318 g/mol. The molecule has 2 heterocycles. The minimum atomic E-state index is 0.281. The molecular formula is C18H26N2OS. The molecule has 0 aliphatic carbocycles. The van der Waals surface area contributed by atoms with Crippen LogP contribution < -0.4 is 5.32 Å². The molecule has 22 heavy (non-hydrogen) atoms. The van der Waals surface area contributed by atoms with Crippen molar-refractivity contribution in [2.45, 2.75) is 56.5 Å². The number of rotatable bonds is 5. The summed E-state index contributed by atoms with van der Waals surface area (Å²) in [6, 6.07) is 10.3. The van der Waals surface area contributed by atoms with Gasteiger partial charge in [0.2, 0.25) is 5.91 Å². The molecular weight excluding hydrogens is 292 g/mol. The minimum Gasteiger partial charge on any atom is -0.342 e.